The number of carbonyl (C=O) groups is 2. The van der Waals surface area contributed by atoms with Crippen molar-refractivity contribution >= 4 is 17.6 Å². The average molecular weight is 287 g/mol. The molecule has 0 saturated heterocycles. The Labute approximate surface area is 114 Å². The van der Waals surface area contributed by atoms with Gasteiger partial charge >= 0.3 is 12.5 Å². The Morgan fingerprint density at radius 1 is 1.30 bits per heavy atom. The standard InChI is InChI=1S/C13H15F2NO4/c1-13(2,3)20-12(19)16-7-4-5-9(17)8(6-7)10(18)11(14)15/h4-6,11,17H,1-3H3,(H,16,19). The highest BCUT2D eigenvalue weighted by atomic mass is 19.3. The van der Waals surface area contributed by atoms with Gasteiger partial charge in [0.05, 0.1) is 5.56 Å². The van der Waals surface area contributed by atoms with Crippen molar-refractivity contribution < 1.29 is 28.2 Å². The second-order valence-corrected chi connectivity index (χ2v) is 5.02. The fourth-order valence-corrected chi connectivity index (χ4v) is 1.35. The van der Waals surface area contributed by atoms with Crippen molar-refractivity contribution in [3.05, 3.63) is 23.8 Å². The Morgan fingerprint density at radius 2 is 1.90 bits per heavy atom. The number of ether oxygens (including phenoxy) is 1. The molecule has 0 saturated carbocycles. The summed E-state index contributed by atoms with van der Waals surface area (Å²) < 4.78 is 29.7. The van der Waals surface area contributed by atoms with E-state index in [-0.39, 0.29) is 5.69 Å². The number of ketones is 1. The lowest BCUT2D eigenvalue weighted by Crippen LogP contribution is -2.27. The molecular formula is C13H15F2NO4. The van der Waals surface area contributed by atoms with Crippen molar-refractivity contribution in [2.75, 3.05) is 5.32 Å². The summed E-state index contributed by atoms with van der Waals surface area (Å²) in [5.74, 6) is -2.10. The number of amides is 1. The van der Waals surface area contributed by atoms with Crippen molar-refractivity contribution in [3.63, 3.8) is 0 Å². The molecule has 0 unspecified atom stereocenters. The minimum atomic E-state index is -3.24. The lowest BCUT2D eigenvalue weighted by atomic mass is 10.1. The zero-order valence-corrected chi connectivity index (χ0v) is 11.2. The second-order valence-electron chi connectivity index (χ2n) is 5.02. The third kappa shape index (κ3) is 4.49. The van der Waals surface area contributed by atoms with Gasteiger partial charge in [0, 0.05) is 5.69 Å². The first-order valence-electron chi connectivity index (χ1n) is 5.75. The van der Waals surface area contributed by atoms with Crippen molar-refractivity contribution in [2.24, 2.45) is 0 Å². The maximum atomic E-state index is 12.3. The van der Waals surface area contributed by atoms with Crippen LogP contribution in [0.15, 0.2) is 18.2 Å². The summed E-state index contributed by atoms with van der Waals surface area (Å²) in [7, 11) is 0. The molecule has 0 aliphatic rings. The summed E-state index contributed by atoms with van der Waals surface area (Å²) >= 11 is 0. The van der Waals surface area contributed by atoms with Gasteiger partial charge in [-0.3, -0.25) is 10.1 Å². The smallest absolute Gasteiger partial charge is 0.412 e. The second kappa shape index (κ2) is 5.85. The summed E-state index contributed by atoms with van der Waals surface area (Å²) in [6.45, 7) is 4.99. The van der Waals surface area contributed by atoms with E-state index in [0.29, 0.717) is 0 Å². The van der Waals surface area contributed by atoms with Gasteiger partial charge in [-0.2, -0.15) is 0 Å². The van der Waals surface area contributed by atoms with Gasteiger partial charge in [0.25, 0.3) is 0 Å². The molecule has 1 aromatic rings. The van der Waals surface area contributed by atoms with Crippen LogP contribution in [-0.2, 0) is 4.74 Å². The summed E-state index contributed by atoms with van der Waals surface area (Å²) in [6, 6.07) is 3.28. The molecule has 1 amide bonds. The van der Waals surface area contributed by atoms with Crippen LogP contribution in [0.1, 0.15) is 31.1 Å². The number of alkyl halides is 2. The topological polar surface area (TPSA) is 75.6 Å². The van der Waals surface area contributed by atoms with Gasteiger partial charge in [0.15, 0.2) is 0 Å². The summed E-state index contributed by atoms with van der Waals surface area (Å²) in [6.07, 6.45) is -4.03. The van der Waals surface area contributed by atoms with Gasteiger partial charge in [0.1, 0.15) is 11.4 Å². The Kier molecular flexibility index (Phi) is 4.65. The molecule has 0 aliphatic heterocycles. The van der Waals surface area contributed by atoms with Crippen molar-refractivity contribution in [2.45, 2.75) is 32.8 Å². The molecule has 0 radical (unpaired) electrons. The predicted molar refractivity (Wildman–Crippen MR) is 68.3 cm³/mol. The number of aromatic hydroxyl groups is 1. The number of phenolic OH excluding ortho intramolecular Hbond substituents is 1. The summed E-state index contributed by atoms with van der Waals surface area (Å²) in [5.41, 5.74) is -1.21. The molecule has 110 valence electrons. The van der Waals surface area contributed by atoms with E-state index in [2.05, 4.69) is 5.32 Å². The molecular weight excluding hydrogens is 272 g/mol. The van der Waals surface area contributed by atoms with Gasteiger partial charge in [-0.05, 0) is 39.0 Å². The summed E-state index contributed by atoms with van der Waals surface area (Å²) in [5, 5.41) is 11.7. The number of benzene rings is 1. The molecule has 0 atom stereocenters. The van der Waals surface area contributed by atoms with Crippen molar-refractivity contribution in [1.29, 1.82) is 0 Å². The van der Waals surface area contributed by atoms with Gasteiger partial charge in [0.2, 0.25) is 5.78 Å². The van der Waals surface area contributed by atoms with Crippen LogP contribution in [0, 0.1) is 0 Å². The number of hydrogen-bond acceptors (Lipinski definition) is 4. The molecule has 2 N–H and O–H groups in total. The van der Waals surface area contributed by atoms with E-state index in [1.54, 1.807) is 20.8 Å². The van der Waals surface area contributed by atoms with Gasteiger partial charge in [-0.25, -0.2) is 13.6 Å². The van der Waals surface area contributed by atoms with Gasteiger partial charge in [-0.15, -0.1) is 0 Å². The van der Waals surface area contributed by atoms with E-state index in [4.69, 9.17) is 4.74 Å². The molecule has 0 fully saturated rings. The van der Waals surface area contributed by atoms with Gasteiger partial charge < -0.3 is 9.84 Å². The monoisotopic (exact) mass is 287 g/mol. The molecule has 0 spiro atoms. The van der Waals surface area contributed by atoms with Crippen LogP contribution in [0.25, 0.3) is 0 Å². The molecule has 0 aliphatic carbocycles. The molecule has 0 heterocycles. The first kappa shape index (κ1) is 15.9. The number of hydrogen-bond donors (Lipinski definition) is 2. The van der Waals surface area contributed by atoms with Crippen LogP contribution in [0.4, 0.5) is 19.3 Å². The highest BCUT2D eigenvalue weighted by molar-refractivity contribution is 6.02. The number of halogens is 2. The molecule has 7 heteroatoms. The number of Topliss-reactive ketones (excluding diaryl/α,β-unsaturated/α-hetero) is 1. The first-order chi connectivity index (χ1) is 9.10. The highest BCUT2D eigenvalue weighted by Gasteiger charge is 2.22. The predicted octanol–water partition coefficient (Wildman–Crippen LogP) is 3.19. The normalized spacial score (nSPS) is 11.3. The molecule has 0 bridgehead atoms. The van der Waals surface area contributed by atoms with Crippen LogP contribution in [0.3, 0.4) is 0 Å². The van der Waals surface area contributed by atoms with Crippen LogP contribution < -0.4 is 5.32 Å². The lowest BCUT2D eigenvalue weighted by Gasteiger charge is -2.19. The first-order valence-corrected chi connectivity index (χ1v) is 5.75. The van der Waals surface area contributed by atoms with E-state index >= 15 is 0 Å². The fourth-order valence-electron chi connectivity index (χ4n) is 1.35. The maximum absolute atomic E-state index is 12.3. The lowest BCUT2D eigenvalue weighted by molar-refractivity contribution is 0.0634. The van der Waals surface area contributed by atoms with Gasteiger partial charge in [-0.1, -0.05) is 0 Å². The molecule has 20 heavy (non-hydrogen) atoms. The molecule has 5 nitrogen and oxygen atoms in total. The third-order valence-electron chi connectivity index (χ3n) is 2.11. The Morgan fingerprint density at radius 3 is 2.40 bits per heavy atom. The van der Waals surface area contributed by atoms with Crippen LogP contribution in [0.2, 0.25) is 0 Å². The molecule has 0 aromatic heterocycles. The summed E-state index contributed by atoms with van der Waals surface area (Å²) in [4.78, 5) is 22.7. The Balaban J connectivity index is 2.91. The average Bonchev–Trinajstić information content (AvgIpc) is 2.28. The zero-order valence-electron chi connectivity index (χ0n) is 11.2. The molecule has 1 rings (SSSR count). The third-order valence-corrected chi connectivity index (χ3v) is 2.11. The van der Waals surface area contributed by atoms with E-state index < -0.39 is 35.2 Å². The van der Waals surface area contributed by atoms with E-state index in [9.17, 15) is 23.5 Å². The van der Waals surface area contributed by atoms with Crippen LogP contribution in [0.5, 0.6) is 5.75 Å². The molecule has 1 aromatic carbocycles. The Bertz CT molecular complexity index is 524. The minimum Gasteiger partial charge on any atom is -0.507 e. The maximum Gasteiger partial charge on any atom is 0.412 e. The van der Waals surface area contributed by atoms with Crippen LogP contribution in [-0.4, -0.2) is 29.0 Å². The van der Waals surface area contributed by atoms with Crippen molar-refractivity contribution in [1.82, 2.24) is 0 Å². The fraction of sp³-hybridized carbons (Fsp3) is 0.385. The number of rotatable bonds is 3. The highest BCUT2D eigenvalue weighted by Crippen LogP contribution is 2.24. The van der Waals surface area contributed by atoms with Crippen molar-refractivity contribution in [3.8, 4) is 5.75 Å². The zero-order chi connectivity index (χ0) is 15.5. The number of phenols is 1. The Hall–Kier alpha value is -2.18. The number of carbonyl (C=O) groups excluding carboxylic acids is 2. The van der Waals surface area contributed by atoms with Crippen LogP contribution >= 0.6 is 0 Å². The quantitative estimate of drug-likeness (QED) is 0.661. The van der Waals surface area contributed by atoms with E-state index in [1.807, 2.05) is 0 Å². The number of nitrogens with one attached hydrogen (secondary N) is 1. The SMILES string of the molecule is CC(C)(C)OC(=O)Nc1ccc(O)c(C(=O)C(F)F)c1. The van der Waals surface area contributed by atoms with E-state index in [1.165, 1.54) is 6.07 Å². The largest absolute Gasteiger partial charge is 0.507 e. The number of anilines is 1. The van der Waals surface area contributed by atoms with E-state index in [0.717, 1.165) is 12.1 Å². The minimum absolute atomic E-state index is 0.0704.